The molecule has 4 rings (SSSR count). The first-order valence-electron chi connectivity index (χ1n) is 8.57. The second-order valence-electron chi connectivity index (χ2n) is 6.43. The standard InChI is InChI=1S/C19H16N4O4S/c1-13-6-7-14(23(24)25)12-19(13)28(26,27)22-11-9-18(21-22)16-8-10-20-17-5-3-2-4-15(16)17/h2-8,10,12H,9,11H2,1H3. The Hall–Kier alpha value is -3.33. The summed E-state index contributed by atoms with van der Waals surface area (Å²) in [6.45, 7) is 1.78. The number of rotatable bonds is 4. The van der Waals surface area contributed by atoms with Crippen LogP contribution in [0.1, 0.15) is 17.5 Å². The van der Waals surface area contributed by atoms with Gasteiger partial charge in [0, 0.05) is 35.7 Å². The lowest BCUT2D eigenvalue weighted by Gasteiger charge is -2.15. The fraction of sp³-hybridized carbons (Fsp3) is 0.158. The van der Waals surface area contributed by atoms with Gasteiger partial charge in [0.25, 0.3) is 15.7 Å². The van der Waals surface area contributed by atoms with E-state index < -0.39 is 14.9 Å². The van der Waals surface area contributed by atoms with E-state index in [9.17, 15) is 18.5 Å². The molecule has 0 N–H and O–H groups in total. The maximum atomic E-state index is 13.1. The molecule has 1 aliphatic rings. The summed E-state index contributed by atoms with van der Waals surface area (Å²) >= 11 is 0. The molecule has 0 unspecified atom stereocenters. The van der Waals surface area contributed by atoms with Crippen molar-refractivity contribution in [2.75, 3.05) is 6.54 Å². The first kappa shape index (κ1) is 18.1. The summed E-state index contributed by atoms with van der Waals surface area (Å²) in [4.78, 5) is 14.6. The second-order valence-corrected chi connectivity index (χ2v) is 8.24. The van der Waals surface area contributed by atoms with E-state index in [0.29, 0.717) is 17.7 Å². The second kappa shape index (κ2) is 6.68. The van der Waals surface area contributed by atoms with E-state index in [2.05, 4.69) is 10.1 Å². The quantitative estimate of drug-likeness (QED) is 0.497. The Labute approximate surface area is 161 Å². The van der Waals surface area contributed by atoms with Gasteiger partial charge in [-0.2, -0.15) is 17.9 Å². The molecule has 2 aromatic carbocycles. The molecule has 0 saturated heterocycles. The summed E-state index contributed by atoms with van der Waals surface area (Å²) in [6, 6.07) is 13.2. The Morgan fingerprint density at radius 2 is 1.93 bits per heavy atom. The van der Waals surface area contributed by atoms with Gasteiger partial charge in [0.1, 0.15) is 0 Å². The van der Waals surface area contributed by atoms with Crippen LogP contribution in [0, 0.1) is 17.0 Å². The predicted octanol–water partition coefficient (Wildman–Crippen LogP) is 3.25. The Kier molecular flexibility index (Phi) is 4.31. The van der Waals surface area contributed by atoms with E-state index in [1.165, 1.54) is 12.1 Å². The molecule has 0 atom stereocenters. The Morgan fingerprint density at radius 1 is 1.14 bits per heavy atom. The summed E-state index contributed by atoms with van der Waals surface area (Å²) < 4.78 is 27.1. The molecule has 142 valence electrons. The third-order valence-corrected chi connectivity index (χ3v) is 6.48. The fourth-order valence-electron chi connectivity index (χ4n) is 3.24. The van der Waals surface area contributed by atoms with E-state index in [-0.39, 0.29) is 17.1 Å². The number of hydrogen-bond acceptors (Lipinski definition) is 6. The van der Waals surface area contributed by atoms with Gasteiger partial charge in [-0.25, -0.2) is 0 Å². The van der Waals surface area contributed by atoms with Crippen LogP contribution in [0.2, 0.25) is 0 Å². The zero-order chi connectivity index (χ0) is 19.9. The highest BCUT2D eigenvalue weighted by Crippen LogP contribution is 2.29. The fourth-order valence-corrected chi connectivity index (χ4v) is 4.75. The lowest BCUT2D eigenvalue weighted by molar-refractivity contribution is -0.385. The zero-order valence-corrected chi connectivity index (χ0v) is 15.8. The number of benzene rings is 2. The molecule has 0 spiro atoms. The monoisotopic (exact) mass is 396 g/mol. The largest absolute Gasteiger partial charge is 0.279 e. The van der Waals surface area contributed by atoms with Gasteiger partial charge in [-0.15, -0.1) is 0 Å². The first-order chi connectivity index (χ1) is 13.4. The van der Waals surface area contributed by atoms with E-state index in [1.54, 1.807) is 13.1 Å². The summed E-state index contributed by atoms with van der Waals surface area (Å²) in [6.07, 6.45) is 2.11. The maximum absolute atomic E-state index is 13.1. The molecular weight excluding hydrogens is 380 g/mol. The maximum Gasteiger partial charge on any atom is 0.279 e. The van der Waals surface area contributed by atoms with Crippen molar-refractivity contribution in [1.82, 2.24) is 9.40 Å². The number of nitro benzene ring substituents is 1. The lowest BCUT2D eigenvalue weighted by Crippen LogP contribution is -2.24. The van der Waals surface area contributed by atoms with Gasteiger partial charge in [0.15, 0.2) is 0 Å². The SMILES string of the molecule is Cc1ccc([N+](=O)[O-])cc1S(=O)(=O)N1CCC(c2ccnc3ccccc23)=N1. The van der Waals surface area contributed by atoms with Gasteiger partial charge in [-0.05, 0) is 24.6 Å². The van der Waals surface area contributed by atoms with Crippen molar-refractivity contribution in [1.29, 1.82) is 0 Å². The van der Waals surface area contributed by atoms with E-state index in [0.717, 1.165) is 26.9 Å². The summed E-state index contributed by atoms with van der Waals surface area (Å²) in [7, 11) is -3.99. The number of aromatic nitrogens is 1. The highest BCUT2D eigenvalue weighted by atomic mass is 32.2. The minimum Gasteiger partial charge on any atom is -0.258 e. The number of hydrogen-bond donors (Lipinski definition) is 0. The minimum absolute atomic E-state index is 0.105. The van der Waals surface area contributed by atoms with Crippen LogP contribution in [0.3, 0.4) is 0 Å². The number of pyridine rings is 1. The molecular formula is C19H16N4O4S. The van der Waals surface area contributed by atoms with Gasteiger partial charge >= 0.3 is 0 Å². The number of non-ortho nitro benzene ring substituents is 1. The average Bonchev–Trinajstić information content (AvgIpc) is 3.18. The number of aryl methyl sites for hydroxylation is 1. The highest BCUT2D eigenvalue weighted by Gasteiger charge is 2.31. The van der Waals surface area contributed by atoms with Gasteiger partial charge in [-0.1, -0.05) is 24.3 Å². The van der Waals surface area contributed by atoms with Crippen LogP contribution >= 0.6 is 0 Å². The van der Waals surface area contributed by atoms with Crippen LogP contribution < -0.4 is 0 Å². The molecule has 0 bridgehead atoms. The van der Waals surface area contributed by atoms with Crippen molar-refractivity contribution >= 4 is 32.3 Å². The summed E-state index contributed by atoms with van der Waals surface area (Å²) in [5, 5.41) is 16.3. The minimum atomic E-state index is -3.99. The van der Waals surface area contributed by atoms with Crippen LogP contribution in [0.4, 0.5) is 5.69 Å². The van der Waals surface area contributed by atoms with Crippen molar-refractivity contribution in [3.63, 3.8) is 0 Å². The van der Waals surface area contributed by atoms with Gasteiger partial charge in [0.05, 0.1) is 27.6 Å². The van der Waals surface area contributed by atoms with Crippen LogP contribution in [-0.4, -0.2) is 35.0 Å². The van der Waals surface area contributed by atoms with Crippen LogP contribution in [0.15, 0.2) is 64.7 Å². The summed E-state index contributed by atoms with van der Waals surface area (Å²) in [5.74, 6) is 0. The Bertz CT molecular complexity index is 1230. The molecule has 3 aromatic rings. The molecule has 2 heterocycles. The molecule has 0 aliphatic carbocycles. The molecule has 1 aromatic heterocycles. The normalized spacial score (nSPS) is 14.3. The van der Waals surface area contributed by atoms with Crippen molar-refractivity contribution in [2.45, 2.75) is 18.2 Å². The number of nitrogens with zero attached hydrogens (tertiary/aromatic N) is 4. The van der Waals surface area contributed by atoms with Crippen LogP contribution in [0.5, 0.6) is 0 Å². The molecule has 8 nitrogen and oxygen atoms in total. The molecule has 1 aliphatic heterocycles. The average molecular weight is 396 g/mol. The van der Waals surface area contributed by atoms with E-state index >= 15 is 0 Å². The van der Waals surface area contributed by atoms with E-state index in [4.69, 9.17) is 0 Å². The molecule has 28 heavy (non-hydrogen) atoms. The van der Waals surface area contributed by atoms with Crippen LogP contribution in [-0.2, 0) is 10.0 Å². The Morgan fingerprint density at radius 3 is 2.71 bits per heavy atom. The topological polar surface area (TPSA) is 106 Å². The molecule has 0 fully saturated rings. The van der Waals surface area contributed by atoms with Crippen molar-refractivity contribution in [3.05, 3.63) is 76.0 Å². The third-order valence-electron chi connectivity index (χ3n) is 4.67. The van der Waals surface area contributed by atoms with Gasteiger partial charge < -0.3 is 0 Å². The molecule has 0 radical (unpaired) electrons. The lowest BCUT2D eigenvalue weighted by atomic mass is 10.0. The van der Waals surface area contributed by atoms with Crippen molar-refractivity contribution in [3.8, 4) is 0 Å². The number of para-hydroxylation sites is 1. The number of sulfonamides is 1. The first-order valence-corrected chi connectivity index (χ1v) is 10.0. The number of hydrazone groups is 1. The molecule has 0 amide bonds. The highest BCUT2D eigenvalue weighted by molar-refractivity contribution is 7.89. The predicted molar refractivity (Wildman–Crippen MR) is 105 cm³/mol. The van der Waals surface area contributed by atoms with Gasteiger partial charge in [0.2, 0.25) is 0 Å². The molecule has 0 saturated carbocycles. The number of fused-ring (bicyclic) bond motifs is 1. The zero-order valence-electron chi connectivity index (χ0n) is 14.9. The van der Waals surface area contributed by atoms with Crippen molar-refractivity contribution < 1.29 is 13.3 Å². The van der Waals surface area contributed by atoms with E-state index in [1.807, 2.05) is 30.3 Å². The van der Waals surface area contributed by atoms with Gasteiger partial charge in [-0.3, -0.25) is 15.1 Å². The van der Waals surface area contributed by atoms with Crippen molar-refractivity contribution in [2.24, 2.45) is 5.10 Å². The van der Waals surface area contributed by atoms with Crippen LogP contribution in [0.25, 0.3) is 10.9 Å². The smallest absolute Gasteiger partial charge is 0.258 e. The third kappa shape index (κ3) is 2.99. The molecule has 9 heteroatoms. The number of nitro groups is 1. The Balaban J connectivity index is 1.76. The summed E-state index contributed by atoms with van der Waals surface area (Å²) in [5.41, 5.74) is 2.44.